The van der Waals surface area contributed by atoms with E-state index in [1.54, 1.807) is 28.9 Å². The molecule has 14 heavy (non-hydrogen) atoms. The highest BCUT2D eigenvalue weighted by atomic mass is 35.5. The highest BCUT2D eigenvalue weighted by molar-refractivity contribution is 6.33. The van der Waals surface area contributed by atoms with E-state index in [0.717, 1.165) is 0 Å². The summed E-state index contributed by atoms with van der Waals surface area (Å²) in [6.07, 6.45) is 3.42. The Hall–Kier alpha value is -1.75. The lowest BCUT2D eigenvalue weighted by Crippen LogP contribution is -2.13. The van der Waals surface area contributed by atoms with Gasteiger partial charge in [0.25, 0.3) is 0 Å². The molecule has 0 fully saturated rings. The number of aromatic nitrogens is 2. The maximum absolute atomic E-state index is 8.46. The summed E-state index contributed by atoms with van der Waals surface area (Å²) >= 11 is 5.89. The standard InChI is InChI=1S/C8H7ClN4O/c9-5-2-1-3-13-4-6(7(10)12-14)11-8(5)13/h1-4,14H,(H2,10,12). The number of fused-ring (bicyclic) bond motifs is 1. The van der Waals surface area contributed by atoms with Gasteiger partial charge in [0, 0.05) is 12.4 Å². The van der Waals surface area contributed by atoms with E-state index in [4.69, 9.17) is 22.5 Å². The zero-order valence-corrected chi connectivity index (χ0v) is 7.81. The van der Waals surface area contributed by atoms with Gasteiger partial charge in [-0.15, -0.1) is 0 Å². The van der Waals surface area contributed by atoms with Crippen molar-refractivity contribution < 1.29 is 5.21 Å². The lowest BCUT2D eigenvalue weighted by Gasteiger charge is -1.91. The number of oxime groups is 1. The summed E-state index contributed by atoms with van der Waals surface area (Å²) in [5.41, 5.74) is 6.36. The van der Waals surface area contributed by atoms with Crippen LogP contribution in [0.15, 0.2) is 29.7 Å². The number of imidazole rings is 1. The SMILES string of the molecule is N/C(=N/O)c1cn2cccc(Cl)c2n1. The molecule has 72 valence electrons. The number of rotatable bonds is 1. The Bertz CT molecular complexity index is 505. The van der Waals surface area contributed by atoms with Crippen molar-refractivity contribution in [1.82, 2.24) is 9.38 Å². The lowest BCUT2D eigenvalue weighted by molar-refractivity contribution is 0.318. The Balaban J connectivity index is 2.68. The first kappa shape index (κ1) is 8.83. The van der Waals surface area contributed by atoms with Crippen LogP contribution in [0.5, 0.6) is 0 Å². The molecule has 5 nitrogen and oxygen atoms in total. The molecule has 0 spiro atoms. The largest absolute Gasteiger partial charge is 0.409 e. The van der Waals surface area contributed by atoms with Gasteiger partial charge in [-0.05, 0) is 12.1 Å². The molecule has 0 aliphatic heterocycles. The van der Waals surface area contributed by atoms with Gasteiger partial charge in [-0.1, -0.05) is 16.8 Å². The normalized spacial score (nSPS) is 12.2. The van der Waals surface area contributed by atoms with Crippen LogP contribution in [0.1, 0.15) is 5.69 Å². The minimum atomic E-state index is -0.0373. The first-order chi connectivity index (χ1) is 6.72. The van der Waals surface area contributed by atoms with Crippen LogP contribution in [-0.4, -0.2) is 20.4 Å². The number of halogens is 1. The summed E-state index contributed by atoms with van der Waals surface area (Å²) in [7, 11) is 0. The van der Waals surface area contributed by atoms with E-state index in [9.17, 15) is 0 Å². The second-order valence-corrected chi connectivity index (χ2v) is 3.11. The van der Waals surface area contributed by atoms with Crippen molar-refractivity contribution in [2.75, 3.05) is 0 Å². The minimum Gasteiger partial charge on any atom is -0.409 e. The number of hydrogen-bond donors (Lipinski definition) is 2. The molecule has 2 aromatic rings. The molecule has 2 heterocycles. The smallest absolute Gasteiger partial charge is 0.190 e. The fourth-order valence-corrected chi connectivity index (χ4v) is 1.37. The van der Waals surface area contributed by atoms with Crippen molar-refractivity contribution in [3.8, 4) is 0 Å². The first-order valence-electron chi connectivity index (χ1n) is 3.83. The van der Waals surface area contributed by atoms with Gasteiger partial charge in [-0.25, -0.2) is 4.98 Å². The Kier molecular flexibility index (Phi) is 2.01. The highest BCUT2D eigenvalue weighted by Crippen LogP contribution is 2.15. The Morgan fingerprint density at radius 2 is 2.43 bits per heavy atom. The van der Waals surface area contributed by atoms with E-state index in [0.29, 0.717) is 16.4 Å². The Morgan fingerprint density at radius 1 is 1.64 bits per heavy atom. The van der Waals surface area contributed by atoms with Crippen LogP contribution >= 0.6 is 11.6 Å². The fraction of sp³-hybridized carbons (Fsp3) is 0. The Labute approximate surface area is 84.4 Å². The highest BCUT2D eigenvalue weighted by Gasteiger charge is 2.07. The van der Waals surface area contributed by atoms with Crippen LogP contribution in [0.2, 0.25) is 5.02 Å². The summed E-state index contributed by atoms with van der Waals surface area (Å²) < 4.78 is 1.70. The molecule has 0 amide bonds. The molecular weight excluding hydrogens is 204 g/mol. The molecule has 6 heteroatoms. The van der Waals surface area contributed by atoms with Crippen molar-refractivity contribution in [2.45, 2.75) is 0 Å². The molecule has 0 aliphatic rings. The molecule has 0 radical (unpaired) electrons. The third-order valence-corrected chi connectivity index (χ3v) is 2.10. The second kappa shape index (κ2) is 3.19. The number of hydrogen-bond acceptors (Lipinski definition) is 3. The molecule has 0 aromatic carbocycles. The van der Waals surface area contributed by atoms with Crippen LogP contribution in [0.3, 0.4) is 0 Å². The van der Waals surface area contributed by atoms with Crippen molar-refractivity contribution in [3.05, 3.63) is 35.2 Å². The van der Waals surface area contributed by atoms with Gasteiger partial charge in [-0.3, -0.25) is 0 Å². The molecule has 0 atom stereocenters. The molecule has 3 N–H and O–H groups in total. The zero-order chi connectivity index (χ0) is 10.1. The zero-order valence-electron chi connectivity index (χ0n) is 7.05. The minimum absolute atomic E-state index is 0.0373. The molecule has 0 aliphatic carbocycles. The van der Waals surface area contributed by atoms with Gasteiger partial charge in [0.15, 0.2) is 11.5 Å². The summed E-state index contributed by atoms with van der Waals surface area (Å²) in [4.78, 5) is 4.10. The van der Waals surface area contributed by atoms with Crippen molar-refractivity contribution in [3.63, 3.8) is 0 Å². The van der Waals surface area contributed by atoms with E-state index in [-0.39, 0.29) is 5.84 Å². The average Bonchev–Trinajstić information content (AvgIpc) is 2.62. The van der Waals surface area contributed by atoms with E-state index in [1.165, 1.54) is 0 Å². The van der Waals surface area contributed by atoms with Crippen molar-refractivity contribution in [1.29, 1.82) is 0 Å². The fourth-order valence-electron chi connectivity index (χ4n) is 1.15. The van der Waals surface area contributed by atoms with Crippen LogP contribution in [0, 0.1) is 0 Å². The molecule has 0 bridgehead atoms. The molecular formula is C8H7ClN4O. The molecule has 2 aromatic heterocycles. The maximum Gasteiger partial charge on any atom is 0.190 e. The topological polar surface area (TPSA) is 75.9 Å². The summed E-state index contributed by atoms with van der Waals surface area (Å²) in [5, 5.41) is 11.8. The predicted molar refractivity (Wildman–Crippen MR) is 52.7 cm³/mol. The van der Waals surface area contributed by atoms with Gasteiger partial charge < -0.3 is 15.3 Å². The first-order valence-corrected chi connectivity index (χ1v) is 4.21. The average molecular weight is 211 g/mol. The predicted octanol–water partition coefficient (Wildman–Crippen LogP) is 1.08. The summed E-state index contributed by atoms with van der Waals surface area (Å²) in [5.74, 6) is -0.0373. The second-order valence-electron chi connectivity index (χ2n) is 2.70. The molecule has 0 unspecified atom stereocenters. The molecule has 0 saturated heterocycles. The van der Waals surface area contributed by atoms with Crippen LogP contribution < -0.4 is 5.73 Å². The monoisotopic (exact) mass is 210 g/mol. The summed E-state index contributed by atoms with van der Waals surface area (Å²) in [6.45, 7) is 0. The van der Waals surface area contributed by atoms with E-state index in [2.05, 4.69) is 10.1 Å². The van der Waals surface area contributed by atoms with Crippen LogP contribution in [0.25, 0.3) is 5.65 Å². The van der Waals surface area contributed by atoms with Crippen LogP contribution in [-0.2, 0) is 0 Å². The maximum atomic E-state index is 8.46. The van der Waals surface area contributed by atoms with E-state index >= 15 is 0 Å². The van der Waals surface area contributed by atoms with Crippen molar-refractivity contribution >= 4 is 23.1 Å². The Morgan fingerprint density at radius 3 is 3.07 bits per heavy atom. The van der Waals surface area contributed by atoms with Gasteiger partial charge in [0.1, 0.15) is 5.69 Å². The van der Waals surface area contributed by atoms with Gasteiger partial charge in [0.2, 0.25) is 0 Å². The van der Waals surface area contributed by atoms with Gasteiger partial charge >= 0.3 is 0 Å². The van der Waals surface area contributed by atoms with E-state index < -0.39 is 0 Å². The lowest BCUT2D eigenvalue weighted by atomic mass is 10.4. The van der Waals surface area contributed by atoms with Gasteiger partial charge in [0.05, 0.1) is 5.02 Å². The van der Waals surface area contributed by atoms with Crippen molar-refractivity contribution in [2.24, 2.45) is 10.9 Å². The third-order valence-electron chi connectivity index (χ3n) is 1.81. The third kappa shape index (κ3) is 1.27. The summed E-state index contributed by atoms with van der Waals surface area (Å²) in [6, 6.07) is 3.51. The van der Waals surface area contributed by atoms with Crippen LogP contribution in [0.4, 0.5) is 0 Å². The number of pyridine rings is 1. The quantitative estimate of drug-likeness (QED) is 0.320. The molecule has 0 saturated carbocycles. The number of nitrogens with zero attached hydrogens (tertiary/aromatic N) is 3. The van der Waals surface area contributed by atoms with E-state index in [1.807, 2.05) is 0 Å². The number of amidine groups is 1. The number of nitrogens with two attached hydrogens (primary N) is 1. The molecule has 2 rings (SSSR count). The van der Waals surface area contributed by atoms with Gasteiger partial charge in [-0.2, -0.15) is 0 Å².